The van der Waals surface area contributed by atoms with Gasteiger partial charge in [-0.05, 0) is 25.6 Å². The quantitative estimate of drug-likeness (QED) is 0.879. The van der Waals surface area contributed by atoms with Crippen molar-refractivity contribution in [1.82, 2.24) is 5.32 Å². The lowest BCUT2D eigenvalue weighted by molar-refractivity contribution is 0.576. The van der Waals surface area contributed by atoms with Crippen molar-refractivity contribution >= 4 is 11.6 Å². The van der Waals surface area contributed by atoms with Crippen molar-refractivity contribution in [3.8, 4) is 0 Å². The molecule has 0 aliphatic carbocycles. The van der Waals surface area contributed by atoms with Gasteiger partial charge in [0.1, 0.15) is 5.82 Å². The maximum Gasteiger partial charge on any atom is 0.146 e. The Balaban J connectivity index is 2.45. The molecule has 2 aromatic carbocycles. The first-order valence-electron chi connectivity index (χ1n) is 5.81. The Kier molecular flexibility index (Phi) is 4.00. The van der Waals surface area contributed by atoms with Crippen molar-refractivity contribution in [1.29, 1.82) is 0 Å². The van der Waals surface area contributed by atoms with Gasteiger partial charge in [0.15, 0.2) is 0 Å². The molecule has 0 fully saturated rings. The predicted octanol–water partition coefficient (Wildman–Crippen LogP) is 4.10. The molecule has 0 saturated carbocycles. The smallest absolute Gasteiger partial charge is 0.146 e. The number of rotatable bonds is 3. The molecule has 1 unspecified atom stereocenters. The summed E-state index contributed by atoms with van der Waals surface area (Å²) in [4.78, 5) is 0. The summed E-state index contributed by atoms with van der Waals surface area (Å²) in [6.45, 7) is 2.03. The molecule has 1 nitrogen and oxygen atoms in total. The summed E-state index contributed by atoms with van der Waals surface area (Å²) in [6.07, 6.45) is 0. The van der Waals surface area contributed by atoms with Crippen LogP contribution in [0.15, 0.2) is 42.5 Å². The molecule has 0 amide bonds. The highest BCUT2D eigenvalue weighted by Gasteiger charge is 2.17. The molecule has 0 bridgehead atoms. The van der Waals surface area contributed by atoms with E-state index in [-0.39, 0.29) is 16.9 Å². The van der Waals surface area contributed by atoms with Crippen LogP contribution in [-0.2, 0) is 0 Å². The number of aryl methyl sites for hydroxylation is 1. The van der Waals surface area contributed by atoms with Crippen molar-refractivity contribution in [2.24, 2.45) is 0 Å². The lowest BCUT2D eigenvalue weighted by Gasteiger charge is -2.18. The van der Waals surface area contributed by atoms with Crippen molar-refractivity contribution in [2.75, 3.05) is 7.05 Å². The fourth-order valence-electron chi connectivity index (χ4n) is 2.00. The van der Waals surface area contributed by atoms with Crippen LogP contribution < -0.4 is 5.32 Å². The van der Waals surface area contributed by atoms with Crippen molar-refractivity contribution in [3.05, 3.63) is 70.0 Å². The van der Waals surface area contributed by atoms with E-state index in [1.54, 1.807) is 18.2 Å². The molecule has 1 atom stereocenters. The van der Waals surface area contributed by atoms with E-state index in [1.165, 1.54) is 5.56 Å². The minimum absolute atomic E-state index is 0.153. The zero-order valence-electron chi connectivity index (χ0n) is 10.4. The van der Waals surface area contributed by atoms with Crippen molar-refractivity contribution in [2.45, 2.75) is 13.0 Å². The fraction of sp³-hybridized carbons (Fsp3) is 0.200. The number of hydrogen-bond acceptors (Lipinski definition) is 1. The van der Waals surface area contributed by atoms with Crippen LogP contribution in [0.5, 0.6) is 0 Å². The Hall–Kier alpha value is -1.38. The lowest BCUT2D eigenvalue weighted by Crippen LogP contribution is -2.19. The van der Waals surface area contributed by atoms with Crippen LogP contribution in [0.4, 0.5) is 4.39 Å². The highest BCUT2D eigenvalue weighted by molar-refractivity contribution is 6.30. The fourth-order valence-corrected chi connectivity index (χ4v) is 2.19. The number of halogens is 2. The van der Waals surface area contributed by atoms with Crippen LogP contribution in [0, 0.1) is 12.7 Å². The molecule has 18 heavy (non-hydrogen) atoms. The third kappa shape index (κ3) is 2.55. The average molecular weight is 264 g/mol. The van der Waals surface area contributed by atoms with Gasteiger partial charge in [0.25, 0.3) is 0 Å². The Bertz CT molecular complexity index is 537. The number of nitrogens with one attached hydrogen (secondary N) is 1. The molecule has 0 aliphatic rings. The van der Waals surface area contributed by atoms with Gasteiger partial charge in [-0.3, -0.25) is 0 Å². The zero-order chi connectivity index (χ0) is 13.1. The van der Waals surface area contributed by atoms with Gasteiger partial charge in [-0.25, -0.2) is 4.39 Å². The summed E-state index contributed by atoms with van der Waals surface area (Å²) < 4.78 is 14.0. The van der Waals surface area contributed by atoms with Crippen LogP contribution in [0.25, 0.3) is 0 Å². The van der Waals surface area contributed by atoms with Gasteiger partial charge in [0, 0.05) is 5.56 Å². The first-order chi connectivity index (χ1) is 8.63. The average Bonchev–Trinajstić information content (AvgIpc) is 2.37. The summed E-state index contributed by atoms with van der Waals surface area (Å²) >= 11 is 5.82. The zero-order valence-corrected chi connectivity index (χ0v) is 11.1. The van der Waals surface area contributed by atoms with E-state index in [0.29, 0.717) is 5.56 Å². The van der Waals surface area contributed by atoms with Crippen LogP contribution >= 0.6 is 11.6 Å². The van der Waals surface area contributed by atoms with E-state index >= 15 is 0 Å². The third-order valence-electron chi connectivity index (χ3n) is 2.99. The van der Waals surface area contributed by atoms with Gasteiger partial charge >= 0.3 is 0 Å². The van der Waals surface area contributed by atoms with E-state index in [4.69, 9.17) is 11.6 Å². The van der Waals surface area contributed by atoms with Gasteiger partial charge in [-0.1, -0.05) is 53.6 Å². The van der Waals surface area contributed by atoms with Crippen molar-refractivity contribution in [3.63, 3.8) is 0 Å². The molecule has 2 aromatic rings. The Labute approximate surface area is 112 Å². The van der Waals surface area contributed by atoms with E-state index < -0.39 is 0 Å². The molecule has 1 N–H and O–H groups in total. The highest BCUT2D eigenvalue weighted by Crippen LogP contribution is 2.27. The summed E-state index contributed by atoms with van der Waals surface area (Å²) in [7, 11) is 1.81. The molecule has 0 radical (unpaired) electrons. The number of hydrogen-bond donors (Lipinski definition) is 1. The Morgan fingerprint density at radius 2 is 1.78 bits per heavy atom. The molecule has 0 heterocycles. The summed E-state index contributed by atoms with van der Waals surface area (Å²) in [6, 6.07) is 12.9. The normalized spacial score (nSPS) is 12.4. The van der Waals surface area contributed by atoms with E-state index in [2.05, 4.69) is 5.32 Å². The van der Waals surface area contributed by atoms with E-state index in [1.807, 2.05) is 38.2 Å². The second-order valence-corrected chi connectivity index (χ2v) is 4.68. The third-order valence-corrected chi connectivity index (χ3v) is 3.28. The van der Waals surface area contributed by atoms with Gasteiger partial charge < -0.3 is 5.32 Å². The van der Waals surface area contributed by atoms with Gasteiger partial charge in [-0.15, -0.1) is 0 Å². The van der Waals surface area contributed by atoms with Crippen LogP contribution in [0.3, 0.4) is 0 Å². The summed E-state index contributed by atoms with van der Waals surface area (Å²) in [5.74, 6) is -0.362. The van der Waals surface area contributed by atoms with E-state index in [9.17, 15) is 4.39 Å². The van der Waals surface area contributed by atoms with Crippen LogP contribution in [0.1, 0.15) is 22.7 Å². The second-order valence-electron chi connectivity index (χ2n) is 4.28. The second kappa shape index (κ2) is 5.51. The first kappa shape index (κ1) is 13.1. The van der Waals surface area contributed by atoms with Gasteiger partial charge in [-0.2, -0.15) is 0 Å². The molecule has 0 saturated heterocycles. The topological polar surface area (TPSA) is 12.0 Å². The molecule has 0 aliphatic heterocycles. The Morgan fingerprint density at radius 1 is 1.11 bits per heavy atom. The Morgan fingerprint density at radius 3 is 2.39 bits per heavy atom. The summed E-state index contributed by atoms with van der Waals surface area (Å²) in [5.41, 5.74) is 2.76. The predicted molar refractivity (Wildman–Crippen MR) is 73.5 cm³/mol. The largest absolute Gasteiger partial charge is 0.309 e. The molecular weight excluding hydrogens is 249 g/mol. The maximum absolute atomic E-state index is 14.0. The lowest BCUT2D eigenvalue weighted by atomic mass is 9.97. The first-order valence-corrected chi connectivity index (χ1v) is 6.19. The van der Waals surface area contributed by atoms with Crippen molar-refractivity contribution < 1.29 is 4.39 Å². The van der Waals surface area contributed by atoms with Gasteiger partial charge in [0.2, 0.25) is 0 Å². The van der Waals surface area contributed by atoms with Crippen LogP contribution in [-0.4, -0.2) is 7.05 Å². The molecule has 2 rings (SSSR count). The highest BCUT2D eigenvalue weighted by atomic mass is 35.5. The molecular formula is C15H15ClFN. The molecule has 0 spiro atoms. The van der Waals surface area contributed by atoms with Gasteiger partial charge in [0.05, 0.1) is 11.1 Å². The SMILES string of the molecule is CNC(c1ccc(C)cc1)c1cccc(Cl)c1F. The monoisotopic (exact) mass is 263 g/mol. The molecule has 3 heteroatoms. The minimum atomic E-state index is -0.362. The maximum atomic E-state index is 14.0. The molecule has 0 aromatic heterocycles. The minimum Gasteiger partial charge on any atom is -0.309 e. The standard InChI is InChI=1S/C15H15ClFN/c1-10-6-8-11(9-7-10)15(18-2)12-4-3-5-13(16)14(12)17/h3-9,15,18H,1-2H3. The summed E-state index contributed by atoms with van der Waals surface area (Å²) in [5, 5.41) is 3.28. The van der Waals surface area contributed by atoms with E-state index in [0.717, 1.165) is 5.56 Å². The molecule has 94 valence electrons. The number of benzene rings is 2. The van der Waals surface area contributed by atoms with Crippen LogP contribution in [0.2, 0.25) is 5.02 Å².